The lowest BCUT2D eigenvalue weighted by atomic mass is 10.1. The minimum atomic E-state index is -0.665. The predicted molar refractivity (Wildman–Crippen MR) is 134 cm³/mol. The van der Waals surface area contributed by atoms with Gasteiger partial charge in [-0.25, -0.2) is 19.3 Å². The van der Waals surface area contributed by atoms with Gasteiger partial charge in [0.15, 0.2) is 0 Å². The van der Waals surface area contributed by atoms with Gasteiger partial charge in [0.2, 0.25) is 0 Å². The number of ether oxygens (including phenoxy) is 1. The number of pyridine rings is 1. The van der Waals surface area contributed by atoms with Gasteiger partial charge in [0.05, 0.1) is 10.9 Å². The molecular weight excluding hydrogens is 450 g/mol. The first-order valence-electron chi connectivity index (χ1n) is 11.3. The van der Waals surface area contributed by atoms with Gasteiger partial charge in [0, 0.05) is 31.2 Å². The maximum absolute atomic E-state index is 13.0. The summed E-state index contributed by atoms with van der Waals surface area (Å²) in [5.74, 6) is 0.0871. The van der Waals surface area contributed by atoms with Crippen molar-refractivity contribution in [3.8, 4) is 0 Å². The molecule has 0 aliphatic rings. The minimum absolute atomic E-state index is 0.0871. The van der Waals surface area contributed by atoms with Crippen molar-refractivity contribution in [3.05, 3.63) is 58.2 Å². The number of fused-ring (bicyclic) bond motifs is 1. The highest BCUT2D eigenvalue weighted by atomic mass is 16.6. The highest BCUT2D eigenvalue weighted by molar-refractivity contribution is 5.94. The van der Waals surface area contributed by atoms with Crippen LogP contribution in [0.3, 0.4) is 0 Å². The summed E-state index contributed by atoms with van der Waals surface area (Å²) in [5.41, 5.74) is 0.738. The van der Waals surface area contributed by atoms with E-state index in [-0.39, 0.29) is 30.4 Å². The third kappa shape index (κ3) is 6.78. The number of carbonyl (C=O) groups excluding carboxylic acids is 2. The van der Waals surface area contributed by atoms with Gasteiger partial charge >= 0.3 is 23.8 Å². The summed E-state index contributed by atoms with van der Waals surface area (Å²) in [6.45, 7) is 11.4. The average Bonchev–Trinajstić information content (AvgIpc) is 2.76. The molecule has 10 heteroatoms. The summed E-state index contributed by atoms with van der Waals surface area (Å²) < 4.78 is 10.8. The minimum Gasteiger partial charge on any atom is -0.444 e. The topological polar surface area (TPSA) is 127 Å². The Morgan fingerprint density at radius 3 is 2.57 bits per heavy atom. The summed E-state index contributed by atoms with van der Waals surface area (Å²) in [7, 11) is 0. The normalized spacial score (nSPS) is 11.4. The van der Waals surface area contributed by atoms with Crippen LogP contribution in [0.5, 0.6) is 0 Å². The maximum atomic E-state index is 13.0. The number of amides is 3. The molecule has 3 aromatic rings. The van der Waals surface area contributed by atoms with Crippen LogP contribution in [0, 0.1) is 12.8 Å². The molecule has 0 saturated carbocycles. The van der Waals surface area contributed by atoms with Gasteiger partial charge < -0.3 is 14.5 Å². The van der Waals surface area contributed by atoms with Gasteiger partial charge in [0.25, 0.3) is 0 Å². The van der Waals surface area contributed by atoms with E-state index in [9.17, 15) is 14.4 Å². The van der Waals surface area contributed by atoms with Crippen LogP contribution in [-0.2, 0) is 11.3 Å². The second kappa shape index (κ2) is 10.5. The number of hydrogen-bond acceptors (Lipinski definition) is 7. The molecule has 2 aromatic heterocycles. The second-order valence-electron chi connectivity index (χ2n) is 9.57. The third-order valence-corrected chi connectivity index (χ3v) is 4.87. The molecule has 10 nitrogen and oxygen atoms in total. The molecule has 0 bridgehead atoms. The van der Waals surface area contributed by atoms with Gasteiger partial charge in [-0.3, -0.25) is 10.3 Å². The van der Waals surface area contributed by atoms with E-state index in [1.54, 1.807) is 58.3 Å². The van der Waals surface area contributed by atoms with Crippen molar-refractivity contribution in [1.29, 1.82) is 0 Å². The monoisotopic (exact) mass is 481 g/mol. The van der Waals surface area contributed by atoms with Crippen molar-refractivity contribution < 1.29 is 18.7 Å². The zero-order valence-corrected chi connectivity index (χ0v) is 20.8. The smallest absolute Gasteiger partial charge is 0.412 e. The fourth-order valence-corrected chi connectivity index (χ4v) is 3.36. The number of hydrogen-bond donors (Lipinski definition) is 2. The van der Waals surface area contributed by atoms with Crippen molar-refractivity contribution in [2.45, 2.75) is 53.7 Å². The maximum Gasteiger partial charge on any atom is 0.412 e. The first kappa shape index (κ1) is 25.7. The Balaban J connectivity index is 1.90. The Hall–Kier alpha value is -3.95. The number of benzene rings is 1. The predicted octanol–water partition coefficient (Wildman–Crippen LogP) is 4.61. The van der Waals surface area contributed by atoms with E-state index < -0.39 is 23.4 Å². The van der Waals surface area contributed by atoms with Gasteiger partial charge in [-0.15, -0.1) is 0 Å². The van der Waals surface area contributed by atoms with Crippen molar-refractivity contribution in [2.24, 2.45) is 5.92 Å². The molecule has 0 saturated heterocycles. The van der Waals surface area contributed by atoms with E-state index in [0.717, 1.165) is 5.56 Å². The summed E-state index contributed by atoms with van der Waals surface area (Å²) >= 11 is 0. The van der Waals surface area contributed by atoms with Crippen LogP contribution in [0.15, 0.2) is 45.9 Å². The van der Waals surface area contributed by atoms with E-state index >= 15 is 0 Å². The van der Waals surface area contributed by atoms with Crippen molar-refractivity contribution in [3.63, 3.8) is 0 Å². The van der Waals surface area contributed by atoms with Crippen LogP contribution in [0.2, 0.25) is 0 Å². The summed E-state index contributed by atoms with van der Waals surface area (Å²) in [6.07, 6.45) is 2.68. The quantitative estimate of drug-likeness (QED) is 0.526. The number of nitrogens with one attached hydrogen (secondary N) is 2. The standard InChI is InChI=1S/C25H31N5O5/c1-15(2)14-30(22(32)27-13-17-8-7-11-26-12-17)23-28-19-10-9-18(16(3)20(19)21(31)34-23)29-24(33)35-25(4,5)6/h7-12,15H,13-14H2,1-6H3,(H,27,32)(H,29,33). The highest BCUT2D eigenvalue weighted by Crippen LogP contribution is 2.25. The largest absolute Gasteiger partial charge is 0.444 e. The molecule has 0 atom stereocenters. The molecule has 0 fully saturated rings. The lowest BCUT2D eigenvalue weighted by Crippen LogP contribution is -2.42. The zero-order valence-electron chi connectivity index (χ0n) is 20.8. The van der Waals surface area contributed by atoms with Crippen LogP contribution in [0.25, 0.3) is 10.9 Å². The lowest BCUT2D eigenvalue weighted by molar-refractivity contribution is 0.0635. The second-order valence-corrected chi connectivity index (χ2v) is 9.57. The molecule has 0 aliphatic carbocycles. The third-order valence-electron chi connectivity index (χ3n) is 4.87. The Morgan fingerprint density at radius 1 is 1.20 bits per heavy atom. The first-order valence-corrected chi connectivity index (χ1v) is 11.3. The summed E-state index contributed by atoms with van der Waals surface area (Å²) in [4.78, 5) is 47.9. The van der Waals surface area contributed by atoms with Crippen LogP contribution < -0.4 is 21.2 Å². The van der Waals surface area contributed by atoms with Gasteiger partial charge in [-0.1, -0.05) is 19.9 Å². The number of aromatic nitrogens is 2. The number of anilines is 2. The molecule has 2 N–H and O–H groups in total. The van der Waals surface area contributed by atoms with Crippen LogP contribution in [-0.4, -0.2) is 34.2 Å². The van der Waals surface area contributed by atoms with Crippen LogP contribution >= 0.6 is 0 Å². The van der Waals surface area contributed by atoms with Crippen LogP contribution in [0.4, 0.5) is 21.3 Å². The molecule has 2 heterocycles. The molecule has 0 spiro atoms. The number of carbonyl (C=O) groups is 2. The van der Waals surface area contributed by atoms with Crippen molar-refractivity contribution in [2.75, 3.05) is 16.8 Å². The fraction of sp³-hybridized carbons (Fsp3) is 0.400. The summed E-state index contributed by atoms with van der Waals surface area (Å²) in [6, 6.07) is 6.31. The lowest BCUT2D eigenvalue weighted by Gasteiger charge is -2.22. The first-order chi connectivity index (χ1) is 16.4. The molecule has 3 rings (SSSR count). The fourth-order valence-electron chi connectivity index (χ4n) is 3.36. The van der Waals surface area contributed by atoms with Gasteiger partial charge in [-0.2, -0.15) is 4.98 Å². The van der Waals surface area contributed by atoms with E-state index in [4.69, 9.17) is 9.15 Å². The Kier molecular flexibility index (Phi) is 7.73. The molecule has 3 amide bonds. The van der Waals surface area contributed by atoms with Crippen LogP contribution in [0.1, 0.15) is 45.7 Å². The van der Waals surface area contributed by atoms with Gasteiger partial charge in [-0.05, 0) is 62.9 Å². The molecular formula is C25H31N5O5. The molecule has 0 aliphatic heterocycles. The Bertz CT molecular complexity index is 1260. The number of rotatable bonds is 6. The average molecular weight is 482 g/mol. The summed E-state index contributed by atoms with van der Waals surface area (Å²) in [5, 5.41) is 5.68. The van der Waals surface area contributed by atoms with Gasteiger partial charge in [0.1, 0.15) is 5.60 Å². The van der Waals surface area contributed by atoms with Crippen molar-refractivity contribution >= 4 is 34.7 Å². The van der Waals surface area contributed by atoms with E-state index in [1.165, 1.54) is 4.90 Å². The number of nitrogens with zero attached hydrogens (tertiary/aromatic N) is 3. The molecule has 35 heavy (non-hydrogen) atoms. The highest BCUT2D eigenvalue weighted by Gasteiger charge is 2.24. The van der Waals surface area contributed by atoms with E-state index in [0.29, 0.717) is 16.8 Å². The molecule has 1 aromatic carbocycles. The molecule has 0 radical (unpaired) electrons. The van der Waals surface area contributed by atoms with Crippen molar-refractivity contribution in [1.82, 2.24) is 15.3 Å². The van der Waals surface area contributed by atoms with E-state index in [2.05, 4.69) is 20.6 Å². The van der Waals surface area contributed by atoms with E-state index in [1.807, 2.05) is 19.9 Å². The molecule has 186 valence electrons. The Morgan fingerprint density at radius 2 is 1.94 bits per heavy atom. The number of aryl methyl sites for hydroxylation is 1. The zero-order chi connectivity index (χ0) is 25.8. The SMILES string of the molecule is Cc1c(NC(=O)OC(C)(C)C)ccc2nc(N(CC(C)C)C(=O)NCc3cccnc3)oc(=O)c12. The Labute approximate surface area is 203 Å². The number of urea groups is 1. The molecule has 0 unspecified atom stereocenters.